The normalized spacial score (nSPS) is 18.8. The molecule has 0 amide bonds. The van der Waals surface area contributed by atoms with Crippen LogP contribution in [0.5, 0.6) is 5.75 Å². The van der Waals surface area contributed by atoms with E-state index in [1.54, 1.807) is 7.11 Å². The Bertz CT molecular complexity index is 488. The maximum Gasteiger partial charge on any atom is 0.188 e. The molecule has 1 aliphatic rings. The number of benzene rings is 1. The fraction of sp³-hybridized carbons (Fsp3) is 0.533. The van der Waals surface area contributed by atoms with Crippen molar-refractivity contribution in [1.82, 2.24) is 5.32 Å². The van der Waals surface area contributed by atoms with Gasteiger partial charge in [0.2, 0.25) is 0 Å². The third-order valence-corrected chi connectivity index (χ3v) is 4.07. The molecule has 0 aliphatic carbocycles. The van der Waals surface area contributed by atoms with Gasteiger partial charge >= 0.3 is 0 Å². The maximum absolute atomic E-state index is 5.86. The van der Waals surface area contributed by atoms with Gasteiger partial charge in [-0.25, -0.2) is 0 Å². The van der Waals surface area contributed by atoms with Gasteiger partial charge < -0.3 is 20.5 Å². The molecule has 1 heterocycles. The Morgan fingerprint density at radius 3 is 3.14 bits per heavy atom. The molecule has 3 N–H and O–H groups in total. The van der Waals surface area contributed by atoms with Gasteiger partial charge in [0, 0.05) is 13.2 Å². The highest BCUT2D eigenvalue weighted by Gasteiger charge is 2.14. The molecule has 0 spiro atoms. The maximum atomic E-state index is 5.86. The van der Waals surface area contributed by atoms with Crippen molar-refractivity contribution in [2.75, 3.05) is 26.8 Å². The molecule has 21 heavy (non-hydrogen) atoms. The first kappa shape index (κ1) is 16.1. The number of hydrogen-bond donors (Lipinski definition) is 2. The molecule has 116 valence electrons. The standard InChI is InChI=1S/C15H22BrN3O2/c1-20-14-11(4-2-6-13(14)16)7-8-18-15(17)19-10-12-5-3-9-21-12/h2,4,6,12H,3,5,7-10H2,1H3,(H3,17,18,19). The van der Waals surface area contributed by atoms with E-state index in [4.69, 9.17) is 15.2 Å². The van der Waals surface area contributed by atoms with Crippen LogP contribution in [-0.4, -0.2) is 38.9 Å². The summed E-state index contributed by atoms with van der Waals surface area (Å²) in [6.07, 6.45) is 3.25. The average Bonchev–Trinajstić information content (AvgIpc) is 2.99. The van der Waals surface area contributed by atoms with Crippen LogP contribution in [0.25, 0.3) is 0 Å². The summed E-state index contributed by atoms with van der Waals surface area (Å²) in [4.78, 5) is 4.32. The predicted molar refractivity (Wildman–Crippen MR) is 87.9 cm³/mol. The predicted octanol–water partition coefficient (Wildman–Crippen LogP) is 2.08. The number of rotatable bonds is 6. The Balaban J connectivity index is 1.78. The van der Waals surface area contributed by atoms with E-state index >= 15 is 0 Å². The van der Waals surface area contributed by atoms with Crippen molar-refractivity contribution in [2.45, 2.75) is 25.4 Å². The number of nitrogens with two attached hydrogens (primary N) is 1. The monoisotopic (exact) mass is 355 g/mol. The first-order valence-corrected chi connectivity index (χ1v) is 7.96. The van der Waals surface area contributed by atoms with Crippen LogP contribution in [0.2, 0.25) is 0 Å². The van der Waals surface area contributed by atoms with Gasteiger partial charge in [-0.2, -0.15) is 0 Å². The number of aliphatic imine (C=N–C) groups is 1. The summed E-state index contributed by atoms with van der Waals surface area (Å²) in [6.45, 7) is 2.20. The number of para-hydroxylation sites is 1. The van der Waals surface area contributed by atoms with Crippen molar-refractivity contribution < 1.29 is 9.47 Å². The fourth-order valence-electron chi connectivity index (χ4n) is 2.35. The number of nitrogens with one attached hydrogen (secondary N) is 1. The molecular weight excluding hydrogens is 334 g/mol. The molecule has 6 heteroatoms. The first-order chi connectivity index (χ1) is 10.2. The molecule has 1 aliphatic heterocycles. The number of ether oxygens (including phenoxy) is 2. The zero-order valence-corrected chi connectivity index (χ0v) is 13.9. The van der Waals surface area contributed by atoms with E-state index in [2.05, 4.69) is 26.2 Å². The summed E-state index contributed by atoms with van der Waals surface area (Å²) in [5.74, 6) is 1.34. The van der Waals surface area contributed by atoms with Crippen molar-refractivity contribution in [2.24, 2.45) is 10.7 Å². The molecule has 1 fully saturated rings. The summed E-state index contributed by atoms with van der Waals surface area (Å²) in [5, 5.41) is 3.13. The highest BCUT2D eigenvalue weighted by Crippen LogP contribution is 2.28. The van der Waals surface area contributed by atoms with E-state index < -0.39 is 0 Å². The topological polar surface area (TPSA) is 68.9 Å². The number of guanidine groups is 1. The Kier molecular flexibility index (Phi) is 6.32. The van der Waals surface area contributed by atoms with E-state index in [0.717, 1.165) is 41.7 Å². The molecule has 1 aromatic rings. The largest absolute Gasteiger partial charge is 0.495 e. The minimum Gasteiger partial charge on any atom is -0.495 e. The number of hydrogen-bond acceptors (Lipinski definition) is 3. The second-order valence-corrected chi connectivity index (χ2v) is 5.82. The van der Waals surface area contributed by atoms with Crippen LogP contribution in [0.3, 0.4) is 0 Å². The SMILES string of the molecule is COc1c(Br)cccc1CCNC(N)=NCC1CCCO1. The van der Waals surface area contributed by atoms with E-state index in [9.17, 15) is 0 Å². The van der Waals surface area contributed by atoms with Gasteiger partial charge in [0.1, 0.15) is 5.75 Å². The summed E-state index contributed by atoms with van der Waals surface area (Å²) in [5.41, 5.74) is 6.99. The third-order valence-electron chi connectivity index (χ3n) is 3.44. The lowest BCUT2D eigenvalue weighted by Gasteiger charge is -2.11. The van der Waals surface area contributed by atoms with Gasteiger partial charge in [0.15, 0.2) is 5.96 Å². The quantitative estimate of drug-likeness (QED) is 0.605. The van der Waals surface area contributed by atoms with Crippen LogP contribution in [0.4, 0.5) is 0 Å². The number of methoxy groups -OCH3 is 1. The molecule has 1 aromatic carbocycles. The second-order valence-electron chi connectivity index (χ2n) is 4.97. The lowest BCUT2D eigenvalue weighted by atomic mass is 10.1. The zero-order valence-electron chi connectivity index (χ0n) is 12.3. The molecule has 0 radical (unpaired) electrons. The molecule has 0 aromatic heterocycles. The first-order valence-electron chi connectivity index (χ1n) is 7.17. The van der Waals surface area contributed by atoms with Crippen LogP contribution in [-0.2, 0) is 11.2 Å². The molecule has 1 atom stereocenters. The summed E-state index contributed by atoms with van der Waals surface area (Å²) < 4.78 is 11.9. The van der Waals surface area contributed by atoms with Crippen molar-refractivity contribution in [3.8, 4) is 5.75 Å². The van der Waals surface area contributed by atoms with Crippen molar-refractivity contribution >= 4 is 21.9 Å². The molecule has 1 saturated heterocycles. The summed E-state index contributed by atoms with van der Waals surface area (Å²) in [6, 6.07) is 6.01. The van der Waals surface area contributed by atoms with Crippen molar-refractivity contribution in [3.63, 3.8) is 0 Å². The second kappa shape index (κ2) is 8.24. The molecule has 5 nitrogen and oxygen atoms in total. The fourth-order valence-corrected chi connectivity index (χ4v) is 2.92. The van der Waals surface area contributed by atoms with Crippen LogP contribution < -0.4 is 15.8 Å². The van der Waals surface area contributed by atoms with Gasteiger partial charge in [0.05, 0.1) is 24.2 Å². The average molecular weight is 356 g/mol. The minimum atomic E-state index is 0.232. The van der Waals surface area contributed by atoms with Gasteiger partial charge in [-0.05, 0) is 46.8 Å². The van der Waals surface area contributed by atoms with E-state index in [0.29, 0.717) is 19.0 Å². The lowest BCUT2D eigenvalue weighted by molar-refractivity contribution is 0.118. The van der Waals surface area contributed by atoms with E-state index in [-0.39, 0.29) is 6.10 Å². The zero-order chi connectivity index (χ0) is 15.1. The Morgan fingerprint density at radius 1 is 1.57 bits per heavy atom. The highest BCUT2D eigenvalue weighted by atomic mass is 79.9. The molecule has 0 saturated carbocycles. The van der Waals surface area contributed by atoms with Crippen molar-refractivity contribution in [3.05, 3.63) is 28.2 Å². The van der Waals surface area contributed by atoms with Gasteiger partial charge in [-0.1, -0.05) is 12.1 Å². The Hall–Kier alpha value is -1.27. The lowest BCUT2D eigenvalue weighted by Crippen LogP contribution is -2.34. The van der Waals surface area contributed by atoms with Crippen LogP contribution in [0, 0.1) is 0 Å². The Morgan fingerprint density at radius 2 is 2.43 bits per heavy atom. The number of nitrogens with zero attached hydrogens (tertiary/aromatic N) is 1. The summed E-state index contributed by atoms with van der Waals surface area (Å²) >= 11 is 3.48. The smallest absolute Gasteiger partial charge is 0.188 e. The summed E-state index contributed by atoms with van der Waals surface area (Å²) in [7, 11) is 1.68. The minimum absolute atomic E-state index is 0.232. The van der Waals surface area contributed by atoms with Crippen LogP contribution in [0.1, 0.15) is 18.4 Å². The Labute approximate surface area is 134 Å². The van der Waals surface area contributed by atoms with Crippen LogP contribution in [0.15, 0.2) is 27.7 Å². The molecule has 0 bridgehead atoms. The van der Waals surface area contributed by atoms with E-state index in [1.165, 1.54) is 0 Å². The van der Waals surface area contributed by atoms with Gasteiger partial charge in [0.25, 0.3) is 0 Å². The highest BCUT2D eigenvalue weighted by molar-refractivity contribution is 9.10. The number of halogens is 1. The molecule has 1 unspecified atom stereocenters. The molecular formula is C15H22BrN3O2. The van der Waals surface area contributed by atoms with Gasteiger partial charge in [-0.3, -0.25) is 4.99 Å². The van der Waals surface area contributed by atoms with Crippen molar-refractivity contribution in [1.29, 1.82) is 0 Å². The molecule has 2 rings (SSSR count). The van der Waals surface area contributed by atoms with E-state index in [1.807, 2.05) is 18.2 Å². The third kappa shape index (κ3) is 4.89. The van der Waals surface area contributed by atoms with Gasteiger partial charge in [-0.15, -0.1) is 0 Å². The van der Waals surface area contributed by atoms with Crippen LogP contribution >= 0.6 is 15.9 Å².